The molecule has 0 aromatic carbocycles. The van der Waals surface area contributed by atoms with Crippen LogP contribution < -0.4 is 10.1 Å². The molecular weight excluding hydrogens is 212 g/mol. The van der Waals surface area contributed by atoms with E-state index in [1.807, 2.05) is 6.07 Å². The molecule has 0 amide bonds. The Morgan fingerprint density at radius 1 is 1.35 bits per heavy atom. The normalized spacial score (nSPS) is 12.4. The second-order valence-electron chi connectivity index (χ2n) is 4.25. The van der Waals surface area contributed by atoms with Gasteiger partial charge in [0.15, 0.2) is 0 Å². The smallest absolute Gasteiger partial charge is 0.217 e. The minimum atomic E-state index is 0.360. The van der Waals surface area contributed by atoms with Crippen LogP contribution in [0.4, 0.5) is 0 Å². The Bertz CT molecular complexity index is 307. The number of ether oxygens (including phenoxy) is 1. The van der Waals surface area contributed by atoms with Gasteiger partial charge in [0.05, 0.1) is 7.11 Å². The van der Waals surface area contributed by atoms with Gasteiger partial charge in [-0.25, -0.2) is 4.98 Å². The van der Waals surface area contributed by atoms with E-state index in [-0.39, 0.29) is 0 Å². The third-order valence-electron chi connectivity index (χ3n) is 2.86. The number of hydrogen-bond acceptors (Lipinski definition) is 3. The van der Waals surface area contributed by atoms with E-state index in [9.17, 15) is 0 Å². The molecule has 3 heteroatoms. The molecule has 0 fully saturated rings. The lowest BCUT2D eigenvalue weighted by molar-refractivity contribution is 0.377. The predicted molar refractivity (Wildman–Crippen MR) is 71.3 cm³/mol. The van der Waals surface area contributed by atoms with Gasteiger partial charge in [-0.3, -0.25) is 0 Å². The van der Waals surface area contributed by atoms with Crippen molar-refractivity contribution >= 4 is 0 Å². The van der Waals surface area contributed by atoms with Gasteiger partial charge in [0.25, 0.3) is 0 Å². The van der Waals surface area contributed by atoms with Crippen LogP contribution in [0.2, 0.25) is 0 Å². The minimum Gasteiger partial charge on any atom is -0.481 e. The van der Waals surface area contributed by atoms with Crippen molar-refractivity contribution in [3.05, 3.63) is 23.9 Å². The first-order valence-corrected chi connectivity index (χ1v) is 6.55. The summed E-state index contributed by atoms with van der Waals surface area (Å²) in [6.45, 7) is 5.44. The number of rotatable bonds is 8. The summed E-state index contributed by atoms with van der Waals surface area (Å²) in [4.78, 5) is 4.27. The van der Waals surface area contributed by atoms with Gasteiger partial charge in [-0.05, 0) is 25.5 Å². The van der Waals surface area contributed by atoms with Crippen LogP contribution >= 0.6 is 0 Å². The van der Waals surface area contributed by atoms with E-state index in [2.05, 4.69) is 30.2 Å². The molecule has 1 unspecified atom stereocenters. The van der Waals surface area contributed by atoms with E-state index in [4.69, 9.17) is 4.74 Å². The number of nitrogens with one attached hydrogen (secondary N) is 1. The summed E-state index contributed by atoms with van der Waals surface area (Å²) in [6, 6.07) is 4.44. The minimum absolute atomic E-state index is 0.360. The summed E-state index contributed by atoms with van der Waals surface area (Å²) in [7, 11) is 1.68. The van der Waals surface area contributed by atoms with Crippen molar-refractivity contribution < 1.29 is 4.74 Å². The first-order chi connectivity index (χ1) is 8.33. The molecular formula is C14H24N2O. The molecule has 1 heterocycles. The SMILES string of the molecule is CCCCC(NCCC)c1cccnc1OC. The highest BCUT2D eigenvalue weighted by molar-refractivity contribution is 5.28. The molecule has 1 atom stereocenters. The zero-order valence-corrected chi connectivity index (χ0v) is 11.2. The highest BCUT2D eigenvalue weighted by Crippen LogP contribution is 2.26. The number of hydrogen-bond donors (Lipinski definition) is 1. The quantitative estimate of drug-likeness (QED) is 0.752. The van der Waals surface area contributed by atoms with Gasteiger partial charge in [0, 0.05) is 17.8 Å². The first kappa shape index (κ1) is 14.0. The molecule has 0 saturated heterocycles. The van der Waals surface area contributed by atoms with Crippen LogP contribution in [0, 0.1) is 0 Å². The molecule has 1 aromatic heterocycles. The maximum atomic E-state index is 5.34. The molecule has 1 aromatic rings. The van der Waals surface area contributed by atoms with Crippen LogP contribution in [0.1, 0.15) is 51.1 Å². The predicted octanol–water partition coefficient (Wildman–Crippen LogP) is 3.32. The van der Waals surface area contributed by atoms with Crippen molar-refractivity contribution in [2.24, 2.45) is 0 Å². The van der Waals surface area contributed by atoms with E-state index in [1.165, 1.54) is 18.4 Å². The van der Waals surface area contributed by atoms with Crippen molar-refractivity contribution in [3.63, 3.8) is 0 Å². The van der Waals surface area contributed by atoms with Crippen molar-refractivity contribution in [2.75, 3.05) is 13.7 Å². The Morgan fingerprint density at radius 3 is 2.82 bits per heavy atom. The molecule has 0 saturated carbocycles. The summed E-state index contributed by atoms with van der Waals surface area (Å²) in [5.41, 5.74) is 1.18. The molecule has 96 valence electrons. The number of aromatic nitrogens is 1. The largest absolute Gasteiger partial charge is 0.481 e. The second-order valence-corrected chi connectivity index (χ2v) is 4.25. The highest BCUT2D eigenvalue weighted by Gasteiger charge is 2.15. The van der Waals surface area contributed by atoms with Gasteiger partial charge in [-0.15, -0.1) is 0 Å². The fraction of sp³-hybridized carbons (Fsp3) is 0.643. The summed E-state index contributed by atoms with van der Waals surface area (Å²) >= 11 is 0. The van der Waals surface area contributed by atoms with Crippen LogP contribution in [-0.2, 0) is 0 Å². The summed E-state index contributed by atoms with van der Waals surface area (Å²) in [5, 5.41) is 3.58. The summed E-state index contributed by atoms with van der Waals surface area (Å²) in [6.07, 6.45) is 6.50. The van der Waals surface area contributed by atoms with Crippen molar-refractivity contribution in [2.45, 2.75) is 45.6 Å². The van der Waals surface area contributed by atoms with E-state index in [0.717, 1.165) is 25.3 Å². The monoisotopic (exact) mass is 236 g/mol. The van der Waals surface area contributed by atoms with Crippen molar-refractivity contribution in [1.82, 2.24) is 10.3 Å². The molecule has 0 aliphatic carbocycles. The molecule has 17 heavy (non-hydrogen) atoms. The zero-order valence-electron chi connectivity index (χ0n) is 11.2. The average Bonchev–Trinajstić information content (AvgIpc) is 2.39. The Hall–Kier alpha value is -1.09. The maximum absolute atomic E-state index is 5.34. The van der Waals surface area contributed by atoms with Gasteiger partial charge in [-0.2, -0.15) is 0 Å². The third kappa shape index (κ3) is 4.35. The van der Waals surface area contributed by atoms with E-state index < -0.39 is 0 Å². The summed E-state index contributed by atoms with van der Waals surface area (Å²) in [5.74, 6) is 0.747. The van der Waals surface area contributed by atoms with E-state index in [1.54, 1.807) is 13.3 Å². The van der Waals surface area contributed by atoms with Crippen LogP contribution in [0.25, 0.3) is 0 Å². The lowest BCUT2D eigenvalue weighted by atomic mass is 10.0. The lowest BCUT2D eigenvalue weighted by Crippen LogP contribution is -2.22. The van der Waals surface area contributed by atoms with Crippen LogP contribution in [0.15, 0.2) is 18.3 Å². The molecule has 0 aliphatic heterocycles. The molecule has 0 radical (unpaired) electrons. The molecule has 0 spiro atoms. The van der Waals surface area contributed by atoms with E-state index >= 15 is 0 Å². The standard InChI is InChI=1S/C14H24N2O/c1-4-6-9-13(15-10-5-2)12-8-7-11-16-14(12)17-3/h7-8,11,13,15H,4-6,9-10H2,1-3H3. The fourth-order valence-electron chi connectivity index (χ4n) is 1.93. The van der Waals surface area contributed by atoms with E-state index in [0.29, 0.717) is 6.04 Å². The Kier molecular flexibility index (Phi) is 6.63. The third-order valence-corrected chi connectivity index (χ3v) is 2.86. The molecule has 1 rings (SSSR count). The van der Waals surface area contributed by atoms with Crippen molar-refractivity contribution in [1.29, 1.82) is 0 Å². The molecule has 1 N–H and O–H groups in total. The average molecular weight is 236 g/mol. The van der Waals surface area contributed by atoms with Gasteiger partial charge in [-0.1, -0.05) is 32.8 Å². The topological polar surface area (TPSA) is 34.2 Å². The first-order valence-electron chi connectivity index (χ1n) is 6.55. The Labute approximate surface area is 105 Å². The molecule has 0 bridgehead atoms. The Balaban J connectivity index is 2.78. The van der Waals surface area contributed by atoms with Crippen LogP contribution in [0.5, 0.6) is 5.88 Å². The maximum Gasteiger partial charge on any atom is 0.217 e. The van der Waals surface area contributed by atoms with Crippen molar-refractivity contribution in [3.8, 4) is 5.88 Å². The van der Waals surface area contributed by atoms with Gasteiger partial charge >= 0.3 is 0 Å². The number of nitrogens with zero attached hydrogens (tertiary/aromatic N) is 1. The molecule has 0 aliphatic rings. The number of pyridine rings is 1. The van der Waals surface area contributed by atoms with Gasteiger partial charge < -0.3 is 10.1 Å². The second kappa shape index (κ2) is 8.07. The Morgan fingerprint density at radius 2 is 2.18 bits per heavy atom. The number of methoxy groups -OCH3 is 1. The zero-order chi connectivity index (χ0) is 12.5. The summed E-state index contributed by atoms with van der Waals surface area (Å²) < 4.78 is 5.34. The lowest BCUT2D eigenvalue weighted by Gasteiger charge is -2.20. The van der Waals surface area contributed by atoms with Crippen LogP contribution in [0.3, 0.4) is 0 Å². The number of unbranched alkanes of at least 4 members (excludes halogenated alkanes) is 1. The van der Waals surface area contributed by atoms with Crippen LogP contribution in [-0.4, -0.2) is 18.6 Å². The van der Waals surface area contributed by atoms with Gasteiger partial charge in [0.1, 0.15) is 0 Å². The van der Waals surface area contributed by atoms with Gasteiger partial charge in [0.2, 0.25) is 5.88 Å². The fourth-order valence-corrected chi connectivity index (χ4v) is 1.93. The molecule has 3 nitrogen and oxygen atoms in total. The highest BCUT2D eigenvalue weighted by atomic mass is 16.5.